The van der Waals surface area contributed by atoms with Crippen molar-refractivity contribution in [2.45, 2.75) is 53.1 Å². The summed E-state index contributed by atoms with van der Waals surface area (Å²) in [5.74, 6) is 1.60. The zero-order valence-corrected chi connectivity index (χ0v) is 13.2. The van der Waals surface area contributed by atoms with Gasteiger partial charge < -0.3 is 10.0 Å². The fourth-order valence-electron chi connectivity index (χ4n) is 1.93. The number of anilines is 1. The normalized spacial score (nSPS) is 13.4. The molecule has 1 N–H and O–H groups in total. The first-order valence-corrected chi connectivity index (χ1v) is 7.11. The number of pyridine rings is 1. The lowest BCUT2D eigenvalue weighted by molar-refractivity contribution is 0.281. The maximum Gasteiger partial charge on any atom is 0.128 e. The maximum atomic E-state index is 9.42. The molecule has 0 aromatic carbocycles. The molecule has 0 spiro atoms. The van der Waals surface area contributed by atoms with Gasteiger partial charge in [0.2, 0.25) is 0 Å². The first kappa shape index (κ1) is 16.0. The molecule has 1 aromatic heterocycles. The summed E-state index contributed by atoms with van der Waals surface area (Å²) in [6, 6.07) is 3.98. The largest absolute Gasteiger partial charge is 0.392 e. The fourth-order valence-corrected chi connectivity index (χ4v) is 1.93. The van der Waals surface area contributed by atoms with Crippen LogP contribution in [-0.4, -0.2) is 23.7 Å². The van der Waals surface area contributed by atoms with Crippen molar-refractivity contribution in [1.82, 2.24) is 4.98 Å². The second kappa shape index (κ2) is 6.38. The van der Waals surface area contributed by atoms with Crippen LogP contribution in [0.3, 0.4) is 0 Å². The molecule has 0 saturated heterocycles. The molecule has 0 fully saturated rings. The molecular weight excluding hydrogens is 236 g/mol. The highest BCUT2D eigenvalue weighted by atomic mass is 16.3. The Morgan fingerprint density at radius 2 is 1.95 bits per heavy atom. The van der Waals surface area contributed by atoms with E-state index in [0.717, 1.165) is 30.0 Å². The first-order valence-electron chi connectivity index (χ1n) is 7.11. The van der Waals surface area contributed by atoms with Crippen molar-refractivity contribution in [1.29, 1.82) is 0 Å². The van der Waals surface area contributed by atoms with E-state index in [-0.39, 0.29) is 12.0 Å². The van der Waals surface area contributed by atoms with Crippen molar-refractivity contribution in [3.63, 3.8) is 0 Å². The van der Waals surface area contributed by atoms with Crippen molar-refractivity contribution in [3.05, 3.63) is 23.4 Å². The summed E-state index contributed by atoms with van der Waals surface area (Å²) in [6.07, 6.45) is 1.16. The van der Waals surface area contributed by atoms with Gasteiger partial charge in [0.05, 0.1) is 6.61 Å². The third-order valence-corrected chi connectivity index (χ3v) is 3.50. The molecule has 0 aliphatic rings. The van der Waals surface area contributed by atoms with Gasteiger partial charge in [0.25, 0.3) is 0 Å². The predicted molar refractivity (Wildman–Crippen MR) is 81.6 cm³/mol. The number of nitrogens with zero attached hydrogens (tertiary/aromatic N) is 2. The SMILES string of the molecule is CCC(C)CN(C)c1cc(CO)cc(C(C)(C)C)n1. The van der Waals surface area contributed by atoms with Crippen molar-refractivity contribution < 1.29 is 5.11 Å². The molecule has 1 rings (SSSR count). The van der Waals surface area contributed by atoms with E-state index in [1.165, 1.54) is 0 Å². The third-order valence-electron chi connectivity index (χ3n) is 3.50. The first-order chi connectivity index (χ1) is 8.77. The number of rotatable bonds is 5. The van der Waals surface area contributed by atoms with Gasteiger partial charge in [-0.3, -0.25) is 0 Å². The topological polar surface area (TPSA) is 36.4 Å². The molecule has 3 nitrogen and oxygen atoms in total. The monoisotopic (exact) mass is 264 g/mol. The summed E-state index contributed by atoms with van der Waals surface area (Å²) in [6.45, 7) is 11.9. The summed E-state index contributed by atoms with van der Waals surface area (Å²) in [7, 11) is 2.07. The average molecular weight is 264 g/mol. The summed E-state index contributed by atoms with van der Waals surface area (Å²) in [5, 5.41) is 9.42. The molecule has 1 unspecified atom stereocenters. The summed E-state index contributed by atoms with van der Waals surface area (Å²) >= 11 is 0. The highest BCUT2D eigenvalue weighted by molar-refractivity contribution is 5.43. The summed E-state index contributed by atoms with van der Waals surface area (Å²) in [5.41, 5.74) is 1.97. The molecule has 1 aromatic rings. The standard InChI is InChI=1S/C16H28N2O/c1-7-12(2)10-18(6)15-9-13(11-19)8-14(17-15)16(3,4)5/h8-9,12,19H,7,10-11H2,1-6H3. The van der Waals surface area contributed by atoms with Gasteiger partial charge >= 0.3 is 0 Å². The molecule has 0 radical (unpaired) electrons. The minimum absolute atomic E-state index is 0.00283. The zero-order valence-electron chi connectivity index (χ0n) is 13.2. The van der Waals surface area contributed by atoms with Crippen LogP contribution in [0.15, 0.2) is 12.1 Å². The van der Waals surface area contributed by atoms with Crippen LogP contribution >= 0.6 is 0 Å². The van der Waals surface area contributed by atoms with E-state index in [1.54, 1.807) is 0 Å². The molecule has 0 amide bonds. The minimum Gasteiger partial charge on any atom is -0.392 e. The number of aromatic nitrogens is 1. The molecule has 0 saturated carbocycles. The van der Waals surface area contributed by atoms with Crippen LogP contribution in [0.1, 0.15) is 52.3 Å². The highest BCUT2D eigenvalue weighted by Crippen LogP contribution is 2.25. The van der Waals surface area contributed by atoms with Gasteiger partial charge in [-0.15, -0.1) is 0 Å². The molecule has 0 bridgehead atoms. The Hall–Kier alpha value is -1.09. The smallest absolute Gasteiger partial charge is 0.128 e. The lowest BCUT2D eigenvalue weighted by atomic mass is 9.91. The zero-order chi connectivity index (χ0) is 14.6. The van der Waals surface area contributed by atoms with E-state index < -0.39 is 0 Å². The van der Waals surface area contributed by atoms with Gasteiger partial charge in [0.1, 0.15) is 5.82 Å². The number of hydrogen-bond acceptors (Lipinski definition) is 3. The van der Waals surface area contributed by atoms with Crippen LogP contribution in [0.2, 0.25) is 0 Å². The highest BCUT2D eigenvalue weighted by Gasteiger charge is 2.18. The summed E-state index contributed by atoms with van der Waals surface area (Å²) < 4.78 is 0. The Labute approximate surface area is 117 Å². The van der Waals surface area contributed by atoms with Gasteiger partial charge in [0, 0.05) is 24.7 Å². The number of hydrogen-bond donors (Lipinski definition) is 1. The molecule has 1 heterocycles. The lowest BCUT2D eigenvalue weighted by Gasteiger charge is -2.25. The molecule has 0 aliphatic heterocycles. The lowest BCUT2D eigenvalue weighted by Crippen LogP contribution is -2.26. The summed E-state index contributed by atoms with van der Waals surface area (Å²) in [4.78, 5) is 6.94. The quantitative estimate of drug-likeness (QED) is 0.886. The minimum atomic E-state index is -0.00283. The number of aliphatic hydroxyl groups excluding tert-OH is 1. The van der Waals surface area contributed by atoms with E-state index in [0.29, 0.717) is 5.92 Å². The van der Waals surface area contributed by atoms with Crippen LogP contribution < -0.4 is 4.90 Å². The van der Waals surface area contributed by atoms with Crippen LogP contribution in [-0.2, 0) is 12.0 Å². The van der Waals surface area contributed by atoms with Crippen LogP contribution in [0.5, 0.6) is 0 Å². The second-order valence-corrected chi connectivity index (χ2v) is 6.52. The van der Waals surface area contributed by atoms with Gasteiger partial charge in [0.15, 0.2) is 0 Å². The number of aliphatic hydroxyl groups is 1. The van der Waals surface area contributed by atoms with Gasteiger partial charge in [-0.05, 0) is 23.6 Å². The van der Waals surface area contributed by atoms with E-state index in [4.69, 9.17) is 4.98 Å². The molecule has 19 heavy (non-hydrogen) atoms. The fraction of sp³-hybridized carbons (Fsp3) is 0.688. The van der Waals surface area contributed by atoms with Crippen LogP contribution in [0.25, 0.3) is 0 Å². The predicted octanol–water partition coefficient (Wildman–Crippen LogP) is 3.35. The molecule has 1 atom stereocenters. The van der Waals surface area contributed by atoms with Crippen LogP contribution in [0, 0.1) is 5.92 Å². The molecule has 0 aliphatic carbocycles. The van der Waals surface area contributed by atoms with Gasteiger partial charge in [-0.1, -0.05) is 41.0 Å². The van der Waals surface area contributed by atoms with Gasteiger partial charge in [-0.25, -0.2) is 4.98 Å². The van der Waals surface area contributed by atoms with Crippen LogP contribution in [0.4, 0.5) is 5.82 Å². The van der Waals surface area contributed by atoms with E-state index >= 15 is 0 Å². The molecule has 108 valence electrons. The average Bonchev–Trinajstić information content (AvgIpc) is 2.36. The van der Waals surface area contributed by atoms with Crippen molar-refractivity contribution in [3.8, 4) is 0 Å². The van der Waals surface area contributed by atoms with Gasteiger partial charge in [-0.2, -0.15) is 0 Å². The molecular formula is C16H28N2O. The van der Waals surface area contributed by atoms with E-state index in [9.17, 15) is 5.11 Å². The Balaban J connectivity index is 3.06. The second-order valence-electron chi connectivity index (χ2n) is 6.52. The Morgan fingerprint density at radius 3 is 2.42 bits per heavy atom. The third kappa shape index (κ3) is 4.50. The van der Waals surface area contributed by atoms with E-state index in [1.807, 2.05) is 12.1 Å². The Bertz CT molecular complexity index is 410. The maximum absolute atomic E-state index is 9.42. The van der Waals surface area contributed by atoms with Crippen molar-refractivity contribution >= 4 is 5.82 Å². The molecule has 3 heteroatoms. The Morgan fingerprint density at radius 1 is 1.32 bits per heavy atom. The van der Waals surface area contributed by atoms with Crippen molar-refractivity contribution in [2.24, 2.45) is 5.92 Å². The Kier molecular flexibility index (Phi) is 5.36. The van der Waals surface area contributed by atoms with Crippen molar-refractivity contribution in [2.75, 3.05) is 18.5 Å². The van der Waals surface area contributed by atoms with E-state index in [2.05, 4.69) is 46.6 Å².